The minimum Gasteiger partial charge on any atom is -0.352 e. The van der Waals surface area contributed by atoms with Crippen LogP contribution in [0.1, 0.15) is 24.8 Å². The molecule has 0 radical (unpaired) electrons. The van der Waals surface area contributed by atoms with Gasteiger partial charge in [0.05, 0.1) is 4.90 Å². The number of primary sulfonamides is 1. The molecular weight excluding hydrogens is 332 g/mol. The van der Waals surface area contributed by atoms with E-state index < -0.39 is 10.0 Å². The van der Waals surface area contributed by atoms with Gasteiger partial charge in [0.15, 0.2) is 0 Å². The lowest BCUT2D eigenvalue weighted by Crippen LogP contribution is -2.22. The third-order valence-corrected chi connectivity index (χ3v) is 4.02. The van der Waals surface area contributed by atoms with E-state index in [1.54, 1.807) is 12.1 Å². The van der Waals surface area contributed by atoms with Gasteiger partial charge in [0.1, 0.15) is 0 Å². The molecule has 0 saturated heterocycles. The van der Waals surface area contributed by atoms with E-state index in [9.17, 15) is 13.2 Å². The number of sulfonamides is 1. The van der Waals surface area contributed by atoms with Crippen LogP contribution in [0.4, 0.5) is 0 Å². The summed E-state index contributed by atoms with van der Waals surface area (Å²) in [6, 6.07) is 6.14. The van der Waals surface area contributed by atoms with Crippen LogP contribution in [0.5, 0.6) is 0 Å². The number of carbonyl (C=O) groups excluding carboxylic acids is 1. The van der Waals surface area contributed by atoms with Gasteiger partial charge in [-0.2, -0.15) is 0 Å². The summed E-state index contributed by atoms with van der Waals surface area (Å²) in [4.78, 5) is 11.5. The Balaban J connectivity index is 2.44. The first-order chi connectivity index (χ1) is 8.93. The zero-order chi connectivity index (χ0) is 14.3. The first-order valence-corrected chi connectivity index (χ1v) is 8.54. The molecule has 0 heterocycles. The van der Waals surface area contributed by atoms with Crippen LogP contribution < -0.4 is 10.5 Å². The summed E-state index contributed by atoms with van der Waals surface area (Å²) < 4.78 is 22.1. The molecule has 0 bridgehead atoms. The maximum Gasteiger partial charge on any atom is 0.238 e. The van der Waals surface area contributed by atoms with Crippen molar-refractivity contribution in [3.05, 3.63) is 29.8 Å². The largest absolute Gasteiger partial charge is 0.352 e. The summed E-state index contributed by atoms with van der Waals surface area (Å²) in [5.41, 5.74) is 0.834. The third kappa shape index (κ3) is 6.17. The number of hydrogen-bond donors (Lipinski definition) is 2. The molecule has 19 heavy (non-hydrogen) atoms. The predicted molar refractivity (Wildman–Crippen MR) is 77.3 cm³/mol. The standard InChI is InChI=1S/C12H17BrN2O3S/c13-8-2-1-3-12(16)15-9-10-4-6-11(7-5-10)19(14,17)18/h4-7H,1-3,8-9H2,(H,15,16)(H2,14,17,18). The summed E-state index contributed by atoms with van der Waals surface area (Å²) in [5.74, 6) is -0.00327. The monoisotopic (exact) mass is 348 g/mol. The number of alkyl halides is 1. The summed E-state index contributed by atoms with van der Waals surface area (Å²) in [5, 5.41) is 8.67. The topological polar surface area (TPSA) is 89.3 Å². The lowest BCUT2D eigenvalue weighted by molar-refractivity contribution is -0.121. The predicted octanol–water partition coefficient (Wildman–Crippen LogP) is 1.52. The van der Waals surface area contributed by atoms with Crippen molar-refractivity contribution in [1.82, 2.24) is 5.32 Å². The van der Waals surface area contributed by atoms with Crippen molar-refractivity contribution < 1.29 is 13.2 Å². The molecule has 0 aliphatic heterocycles. The smallest absolute Gasteiger partial charge is 0.238 e. The van der Waals surface area contributed by atoms with Gasteiger partial charge in [-0.1, -0.05) is 28.1 Å². The third-order valence-electron chi connectivity index (χ3n) is 2.53. The maximum absolute atomic E-state index is 11.5. The number of benzene rings is 1. The number of carbonyl (C=O) groups is 1. The number of nitrogens with one attached hydrogen (secondary N) is 1. The van der Waals surface area contributed by atoms with Crippen LogP contribution in [0.2, 0.25) is 0 Å². The molecule has 1 amide bonds. The summed E-state index contributed by atoms with van der Waals surface area (Å²) in [6.07, 6.45) is 2.32. The first-order valence-electron chi connectivity index (χ1n) is 5.88. The first kappa shape index (κ1) is 16.1. The van der Waals surface area contributed by atoms with Crippen molar-refractivity contribution in [1.29, 1.82) is 0 Å². The molecule has 5 nitrogen and oxygen atoms in total. The van der Waals surface area contributed by atoms with Crippen molar-refractivity contribution >= 4 is 31.9 Å². The Morgan fingerprint density at radius 3 is 2.37 bits per heavy atom. The molecule has 7 heteroatoms. The molecule has 0 aliphatic rings. The summed E-state index contributed by atoms with van der Waals surface area (Å²) in [6.45, 7) is 0.387. The van der Waals surface area contributed by atoms with Crippen molar-refractivity contribution in [2.24, 2.45) is 5.14 Å². The van der Waals surface area contributed by atoms with E-state index in [0.29, 0.717) is 13.0 Å². The Hall–Kier alpha value is -0.920. The van der Waals surface area contributed by atoms with E-state index in [0.717, 1.165) is 23.7 Å². The van der Waals surface area contributed by atoms with Gasteiger partial charge in [-0.3, -0.25) is 4.79 Å². The fourth-order valence-electron chi connectivity index (χ4n) is 1.47. The Morgan fingerprint density at radius 1 is 1.21 bits per heavy atom. The Kier molecular flexibility index (Phi) is 6.47. The maximum atomic E-state index is 11.5. The van der Waals surface area contributed by atoms with Crippen LogP contribution >= 0.6 is 15.9 Å². The summed E-state index contributed by atoms with van der Waals surface area (Å²) >= 11 is 3.31. The van der Waals surface area contributed by atoms with Crippen LogP contribution in [0.15, 0.2) is 29.2 Å². The molecule has 1 aromatic carbocycles. The second-order valence-electron chi connectivity index (χ2n) is 4.11. The average Bonchev–Trinajstić information content (AvgIpc) is 2.36. The van der Waals surface area contributed by atoms with E-state index in [4.69, 9.17) is 5.14 Å². The van der Waals surface area contributed by atoms with Crippen molar-refractivity contribution in [2.75, 3.05) is 5.33 Å². The van der Waals surface area contributed by atoms with Crippen LogP contribution in [0, 0.1) is 0 Å². The number of hydrogen-bond acceptors (Lipinski definition) is 3. The fraction of sp³-hybridized carbons (Fsp3) is 0.417. The summed E-state index contributed by atoms with van der Waals surface area (Å²) in [7, 11) is -3.66. The highest BCUT2D eigenvalue weighted by Gasteiger charge is 2.07. The zero-order valence-electron chi connectivity index (χ0n) is 10.4. The molecule has 0 unspecified atom stereocenters. The van der Waals surface area contributed by atoms with Crippen LogP contribution in [-0.2, 0) is 21.4 Å². The van der Waals surface area contributed by atoms with Gasteiger partial charge in [0, 0.05) is 18.3 Å². The second kappa shape index (κ2) is 7.62. The van der Waals surface area contributed by atoms with E-state index in [-0.39, 0.29) is 10.8 Å². The molecule has 0 spiro atoms. The number of halogens is 1. The normalized spacial score (nSPS) is 11.3. The lowest BCUT2D eigenvalue weighted by atomic mass is 10.2. The average molecular weight is 349 g/mol. The van der Waals surface area contributed by atoms with Crippen LogP contribution in [-0.4, -0.2) is 19.7 Å². The fourth-order valence-corrected chi connectivity index (χ4v) is 2.38. The van der Waals surface area contributed by atoms with Crippen molar-refractivity contribution in [3.63, 3.8) is 0 Å². The van der Waals surface area contributed by atoms with Gasteiger partial charge < -0.3 is 5.32 Å². The quantitative estimate of drug-likeness (QED) is 0.578. The zero-order valence-corrected chi connectivity index (χ0v) is 12.8. The lowest BCUT2D eigenvalue weighted by Gasteiger charge is -2.06. The van der Waals surface area contributed by atoms with Crippen LogP contribution in [0.25, 0.3) is 0 Å². The molecule has 106 valence electrons. The molecular formula is C12H17BrN2O3S. The highest BCUT2D eigenvalue weighted by Crippen LogP contribution is 2.08. The number of rotatable bonds is 7. The number of nitrogens with two attached hydrogens (primary N) is 1. The molecule has 3 N–H and O–H groups in total. The highest BCUT2D eigenvalue weighted by atomic mass is 79.9. The Morgan fingerprint density at radius 2 is 1.84 bits per heavy atom. The molecule has 0 aliphatic carbocycles. The number of amides is 1. The van der Waals surface area contributed by atoms with Gasteiger partial charge in [-0.25, -0.2) is 13.6 Å². The van der Waals surface area contributed by atoms with Crippen LogP contribution in [0.3, 0.4) is 0 Å². The molecule has 0 saturated carbocycles. The molecule has 0 aromatic heterocycles. The van der Waals surface area contributed by atoms with Gasteiger partial charge in [-0.15, -0.1) is 0 Å². The van der Waals surface area contributed by atoms with Gasteiger partial charge in [0.2, 0.25) is 15.9 Å². The van der Waals surface area contributed by atoms with E-state index in [2.05, 4.69) is 21.2 Å². The molecule has 1 rings (SSSR count). The highest BCUT2D eigenvalue weighted by molar-refractivity contribution is 9.09. The Labute approximate surface area is 121 Å². The van der Waals surface area contributed by atoms with E-state index >= 15 is 0 Å². The second-order valence-corrected chi connectivity index (χ2v) is 6.47. The molecule has 0 fully saturated rings. The van der Waals surface area contributed by atoms with Gasteiger partial charge in [-0.05, 0) is 30.5 Å². The van der Waals surface area contributed by atoms with Gasteiger partial charge >= 0.3 is 0 Å². The van der Waals surface area contributed by atoms with Crippen molar-refractivity contribution in [2.45, 2.75) is 30.7 Å². The SMILES string of the molecule is NS(=O)(=O)c1ccc(CNC(=O)CCCCBr)cc1. The van der Waals surface area contributed by atoms with E-state index in [1.165, 1.54) is 12.1 Å². The van der Waals surface area contributed by atoms with E-state index in [1.807, 2.05) is 0 Å². The van der Waals surface area contributed by atoms with Gasteiger partial charge in [0.25, 0.3) is 0 Å². The Bertz CT molecular complexity index is 514. The minimum absolute atomic E-state index is 0.00327. The molecule has 1 aromatic rings. The number of unbranched alkanes of at least 4 members (excludes halogenated alkanes) is 1. The minimum atomic E-state index is -3.66. The molecule has 0 atom stereocenters. The van der Waals surface area contributed by atoms with Crippen molar-refractivity contribution in [3.8, 4) is 0 Å².